The van der Waals surface area contributed by atoms with E-state index in [9.17, 15) is 9.59 Å². The van der Waals surface area contributed by atoms with Crippen LogP contribution >= 0.6 is 27.3 Å². The van der Waals surface area contributed by atoms with Gasteiger partial charge in [0, 0.05) is 32.7 Å². The van der Waals surface area contributed by atoms with Crippen molar-refractivity contribution < 1.29 is 9.59 Å². The smallest absolute Gasteiger partial charge is 0.264 e. The van der Waals surface area contributed by atoms with E-state index < -0.39 is 0 Å². The normalized spacial score (nSPS) is 15.7. The number of nitrogens with zero attached hydrogens (tertiary/aromatic N) is 2. The number of rotatable bonds is 6. The molecule has 2 heterocycles. The van der Waals surface area contributed by atoms with Crippen LogP contribution in [-0.4, -0.2) is 60.9 Å². The number of halogens is 1. The third-order valence-electron chi connectivity index (χ3n) is 4.22. The third-order valence-corrected chi connectivity index (χ3v) is 5.83. The minimum absolute atomic E-state index is 0.0887. The molecule has 0 spiro atoms. The van der Waals surface area contributed by atoms with Crippen molar-refractivity contribution in [1.82, 2.24) is 15.1 Å². The molecule has 0 aliphatic carbocycles. The predicted molar refractivity (Wildman–Crippen MR) is 106 cm³/mol. The lowest BCUT2D eigenvalue weighted by Crippen LogP contribution is -2.47. The molecule has 1 saturated heterocycles. The number of hydrogen-bond donors (Lipinski definition) is 1. The Labute approximate surface area is 162 Å². The van der Waals surface area contributed by atoms with Crippen LogP contribution in [0.2, 0.25) is 0 Å². The van der Waals surface area contributed by atoms with Crippen LogP contribution in [0.15, 0.2) is 27.6 Å². The summed E-state index contributed by atoms with van der Waals surface area (Å²) in [4.78, 5) is 29.0. The van der Waals surface area contributed by atoms with E-state index in [1.54, 1.807) is 13.1 Å². The topological polar surface area (TPSA) is 52.7 Å². The van der Waals surface area contributed by atoms with Crippen molar-refractivity contribution in [3.63, 3.8) is 0 Å². The number of carbonyl (C=O) groups excluding carboxylic acids is 2. The maximum absolute atomic E-state index is 12.3. The molecule has 138 valence electrons. The Hall–Kier alpha value is -1.18. The van der Waals surface area contributed by atoms with Crippen molar-refractivity contribution in [1.29, 1.82) is 0 Å². The van der Waals surface area contributed by atoms with Crippen molar-refractivity contribution in [3.05, 3.63) is 32.4 Å². The van der Waals surface area contributed by atoms with Crippen LogP contribution < -0.4 is 5.32 Å². The van der Waals surface area contributed by atoms with Crippen LogP contribution in [-0.2, 0) is 4.79 Å². The fourth-order valence-electron chi connectivity index (χ4n) is 2.75. The van der Waals surface area contributed by atoms with Crippen LogP contribution in [0.4, 0.5) is 0 Å². The van der Waals surface area contributed by atoms with E-state index in [-0.39, 0.29) is 24.4 Å². The van der Waals surface area contributed by atoms with E-state index in [0.717, 1.165) is 36.3 Å². The average molecular weight is 428 g/mol. The van der Waals surface area contributed by atoms with Crippen LogP contribution in [0.25, 0.3) is 0 Å². The van der Waals surface area contributed by atoms with Gasteiger partial charge in [0.1, 0.15) is 0 Å². The van der Waals surface area contributed by atoms with Gasteiger partial charge in [-0.3, -0.25) is 14.5 Å². The molecule has 0 aromatic carbocycles. The summed E-state index contributed by atoms with van der Waals surface area (Å²) in [6.07, 6.45) is 4.15. The Balaban J connectivity index is 1.73. The van der Waals surface area contributed by atoms with E-state index in [4.69, 9.17) is 0 Å². The number of allylic oxidation sites excluding steroid dienone is 1. The van der Waals surface area contributed by atoms with E-state index in [1.807, 2.05) is 6.07 Å². The first-order chi connectivity index (χ1) is 11.8. The molecule has 0 bridgehead atoms. The maximum atomic E-state index is 12.3. The highest BCUT2D eigenvalue weighted by atomic mass is 79.9. The van der Waals surface area contributed by atoms with E-state index in [0.29, 0.717) is 4.88 Å². The van der Waals surface area contributed by atoms with Gasteiger partial charge in [-0.25, -0.2) is 0 Å². The van der Waals surface area contributed by atoms with Gasteiger partial charge >= 0.3 is 0 Å². The molecule has 0 unspecified atom stereocenters. The van der Waals surface area contributed by atoms with Crippen LogP contribution in [0.5, 0.6) is 0 Å². The first-order valence-electron chi connectivity index (χ1n) is 8.51. The summed E-state index contributed by atoms with van der Waals surface area (Å²) in [5.74, 6) is -0.211. The Morgan fingerprint density at radius 2 is 2.04 bits per heavy atom. The van der Waals surface area contributed by atoms with Crippen molar-refractivity contribution >= 4 is 39.1 Å². The lowest BCUT2D eigenvalue weighted by atomic mass is 10.0. The van der Waals surface area contributed by atoms with Gasteiger partial charge in [-0.1, -0.05) is 11.6 Å². The second-order valence-electron chi connectivity index (χ2n) is 6.69. The Morgan fingerprint density at radius 1 is 1.36 bits per heavy atom. The zero-order valence-electron chi connectivity index (χ0n) is 15.0. The fourth-order valence-corrected chi connectivity index (χ4v) is 4.13. The summed E-state index contributed by atoms with van der Waals surface area (Å²) >= 11 is 4.73. The van der Waals surface area contributed by atoms with Gasteiger partial charge in [-0.05, 0) is 54.8 Å². The van der Waals surface area contributed by atoms with Crippen molar-refractivity contribution in [3.8, 4) is 0 Å². The van der Waals surface area contributed by atoms with Gasteiger partial charge in [0.2, 0.25) is 5.91 Å². The minimum atomic E-state index is -0.123. The molecule has 25 heavy (non-hydrogen) atoms. The Bertz CT molecular complexity index is 632. The second kappa shape index (κ2) is 9.50. The van der Waals surface area contributed by atoms with Crippen LogP contribution in [0.3, 0.4) is 0 Å². The first kappa shape index (κ1) is 20.1. The number of amides is 2. The molecule has 0 saturated carbocycles. The molecule has 1 aliphatic rings. The van der Waals surface area contributed by atoms with Crippen molar-refractivity contribution in [2.45, 2.75) is 32.7 Å². The molecule has 1 aromatic heterocycles. The minimum Gasteiger partial charge on any atom is -0.352 e. The standard InChI is InChI=1S/C18H26BrN3O2S/c1-13(2)6-9-22-10-7-14(8-11-22)20-17(23)12-21(3)18(24)15-4-5-16(19)25-15/h4-6,14H,7-12H2,1-3H3,(H,20,23). The lowest BCUT2D eigenvalue weighted by Gasteiger charge is -2.32. The molecule has 2 rings (SSSR count). The molecule has 1 fully saturated rings. The van der Waals surface area contributed by atoms with Gasteiger partial charge in [-0.15, -0.1) is 11.3 Å². The summed E-state index contributed by atoms with van der Waals surface area (Å²) in [5.41, 5.74) is 1.33. The Kier molecular flexibility index (Phi) is 7.65. The lowest BCUT2D eigenvalue weighted by molar-refractivity contribution is -0.122. The summed E-state index contributed by atoms with van der Waals surface area (Å²) in [5, 5.41) is 3.07. The van der Waals surface area contributed by atoms with Gasteiger partial charge in [-0.2, -0.15) is 0 Å². The molecule has 0 atom stereocenters. The molecule has 7 heteroatoms. The quantitative estimate of drug-likeness (QED) is 0.709. The summed E-state index contributed by atoms with van der Waals surface area (Å²) in [7, 11) is 1.66. The van der Waals surface area contributed by atoms with Crippen molar-refractivity contribution in [2.75, 3.05) is 33.2 Å². The highest BCUT2D eigenvalue weighted by Crippen LogP contribution is 2.23. The number of carbonyl (C=O) groups is 2. The highest BCUT2D eigenvalue weighted by molar-refractivity contribution is 9.11. The first-order valence-corrected chi connectivity index (χ1v) is 10.1. The average Bonchev–Trinajstić information content (AvgIpc) is 2.99. The molecule has 1 N–H and O–H groups in total. The molecular formula is C18H26BrN3O2S. The number of likely N-dealkylation sites (N-methyl/N-ethyl adjacent to an activating group) is 1. The van der Waals surface area contributed by atoms with E-state index in [1.165, 1.54) is 21.8 Å². The zero-order chi connectivity index (χ0) is 18.4. The number of thiophene rings is 1. The number of hydrogen-bond acceptors (Lipinski definition) is 4. The summed E-state index contributed by atoms with van der Waals surface area (Å²) < 4.78 is 0.911. The van der Waals surface area contributed by atoms with Gasteiger partial charge < -0.3 is 10.2 Å². The number of likely N-dealkylation sites (tertiary alicyclic amines) is 1. The highest BCUT2D eigenvalue weighted by Gasteiger charge is 2.22. The zero-order valence-corrected chi connectivity index (χ0v) is 17.5. The van der Waals surface area contributed by atoms with E-state index in [2.05, 4.69) is 46.1 Å². The molecule has 1 aliphatic heterocycles. The largest absolute Gasteiger partial charge is 0.352 e. The monoisotopic (exact) mass is 427 g/mol. The summed E-state index contributed by atoms with van der Waals surface area (Å²) in [6, 6.07) is 3.82. The maximum Gasteiger partial charge on any atom is 0.264 e. The van der Waals surface area contributed by atoms with Crippen molar-refractivity contribution in [2.24, 2.45) is 0 Å². The SMILES string of the molecule is CC(C)=CCN1CCC(NC(=O)CN(C)C(=O)c2ccc(Br)s2)CC1. The molecule has 2 amide bonds. The van der Waals surface area contributed by atoms with Crippen LogP contribution in [0.1, 0.15) is 36.4 Å². The van der Waals surface area contributed by atoms with Crippen LogP contribution in [0, 0.1) is 0 Å². The Morgan fingerprint density at radius 3 is 2.60 bits per heavy atom. The third kappa shape index (κ3) is 6.56. The van der Waals surface area contributed by atoms with E-state index >= 15 is 0 Å². The molecule has 5 nitrogen and oxygen atoms in total. The predicted octanol–water partition coefficient (Wildman–Crippen LogP) is 3.13. The number of piperidine rings is 1. The second-order valence-corrected chi connectivity index (χ2v) is 9.15. The molecule has 0 radical (unpaired) electrons. The summed E-state index contributed by atoms with van der Waals surface area (Å²) in [6.45, 7) is 7.28. The van der Waals surface area contributed by atoms with Gasteiger partial charge in [0.15, 0.2) is 0 Å². The number of nitrogens with one attached hydrogen (secondary N) is 1. The van der Waals surface area contributed by atoms with Gasteiger partial charge in [0.25, 0.3) is 5.91 Å². The fraction of sp³-hybridized carbons (Fsp3) is 0.556. The molecular weight excluding hydrogens is 402 g/mol. The van der Waals surface area contributed by atoms with Gasteiger partial charge in [0.05, 0.1) is 15.2 Å². The molecule has 1 aromatic rings.